The van der Waals surface area contributed by atoms with Crippen LogP contribution in [0.2, 0.25) is 5.02 Å². The van der Waals surface area contributed by atoms with Crippen molar-refractivity contribution in [2.45, 2.75) is 19.9 Å². The summed E-state index contributed by atoms with van der Waals surface area (Å²) in [4.78, 5) is 0. The van der Waals surface area contributed by atoms with Crippen LogP contribution in [0.5, 0.6) is 0 Å². The molecule has 0 aromatic heterocycles. The first-order valence-electron chi connectivity index (χ1n) is 5.90. The lowest BCUT2D eigenvalue weighted by Crippen LogP contribution is -2.29. The molecule has 0 bridgehead atoms. The van der Waals surface area contributed by atoms with E-state index >= 15 is 0 Å². The van der Waals surface area contributed by atoms with Crippen molar-refractivity contribution in [3.05, 3.63) is 69.7 Å². The Balaban J connectivity index is 2.48. The Kier molecular flexibility index (Phi) is 4.02. The van der Waals surface area contributed by atoms with E-state index in [4.69, 9.17) is 17.4 Å². The first kappa shape index (κ1) is 13.1. The number of hydrogen-bond acceptors (Lipinski definition) is 2. The number of nitrogens with one attached hydrogen (secondary N) is 1. The highest BCUT2D eigenvalue weighted by molar-refractivity contribution is 6.31. The monoisotopic (exact) mass is 260 g/mol. The molecule has 2 aromatic carbocycles. The van der Waals surface area contributed by atoms with Crippen LogP contribution in [0.4, 0.5) is 0 Å². The average molecular weight is 261 g/mol. The van der Waals surface area contributed by atoms with E-state index in [1.165, 1.54) is 11.1 Å². The molecular weight excluding hydrogens is 244 g/mol. The summed E-state index contributed by atoms with van der Waals surface area (Å²) in [5.41, 5.74) is 7.41. The van der Waals surface area contributed by atoms with E-state index < -0.39 is 0 Å². The average Bonchev–Trinajstić information content (AvgIpc) is 2.31. The lowest BCUT2D eigenvalue weighted by atomic mass is 9.96. The smallest absolute Gasteiger partial charge is 0.0724 e. The van der Waals surface area contributed by atoms with Crippen molar-refractivity contribution >= 4 is 11.6 Å². The van der Waals surface area contributed by atoms with E-state index in [0.29, 0.717) is 0 Å². The number of halogens is 1. The Morgan fingerprint density at radius 1 is 1.06 bits per heavy atom. The third-order valence-electron chi connectivity index (χ3n) is 2.96. The summed E-state index contributed by atoms with van der Waals surface area (Å²) in [5.74, 6) is 5.70. The number of benzene rings is 2. The lowest BCUT2D eigenvalue weighted by Gasteiger charge is -2.19. The predicted molar refractivity (Wildman–Crippen MR) is 76.5 cm³/mol. The third-order valence-corrected chi connectivity index (χ3v) is 3.30. The molecule has 0 spiro atoms. The Bertz CT molecular complexity index is 532. The molecule has 2 aromatic rings. The fourth-order valence-electron chi connectivity index (χ4n) is 2.25. The molecule has 0 heterocycles. The van der Waals surface area contributed by atoms with Crippen molar-refractivity contribution in [3.63, 3.8) is 0 Å². The molecule has 0 saturated carbocycles. The van der Waals surface area contributed by atoms with Gasteiger partial charge in [-0.15, -0.1) is 0 Å². The van der Waals surface area contributed by atoms with E-state index in [9.17, 15) is 0 Å². The van der Waals surface area contributed by atoms with Crippen LogP contribution in [-0.2, 0) is 0 Å². The van der Waals surface area contributed by atoms with E-state index in [2.05, 4.69) is 37.5 Å². The van der Waals surface area contributed by atoms with Gasteiger partial charge in [0.2, 0.25) is 0 Å². The van der Waals surface area contributed by atoms with Gasteiger partial charge in [0, 0.05) is 5.02 Å². The second kappa shape index (κ2) is 5.53. The number of hydrazine groups is 1. The van der Waals surface area contributed by atoms with Crippen LogP contribution in [-0.4, -0.2) is 0 Å². The van der Waals surface area contributed by atoms with Crippen LogP contribution < -0.4 is 11.3 Å². The highest BCUT2D eigenvalue weighted by Crippen LogP contribution is 2.28. The maximum Gasteiger partial charge on any atom is 0.0724 e. The van der Waals surface area contributed by atoms with Crippen LogP contribution in [0.15, 0.2) is 42.5 Å². The summed E-state index contributed by atoms with van der Waals surface area (Å²) >= 11 is 6.23. The van der Waals surface area contributed by atoms with Gasteiger partial charge in [0.15, 0.2) is 0 Å². The number of aryl methyl sites for hydroxylation is 2. The summed E-state index contributed by atoms with van der Waals surface area (Å²) in [6.45, 7) is 4.16. The van der Waals surface area contributed by atoms with Gasteiger partial charge in [0.05, 0.1) is 6.04 Å². The van der Waals surface area contributed by atoms with Gasteiger partial charge >= 0.3 is 0 Å². The summed E-state index contributed by atoms with van der Waals surface area (Å²) in [6.07, 6.45) is 0. The summed E-state index contributed by atoms with van der Waals surface area (Å²) in [7, 11) is 0. The maximum atomic E-state index is 6.23. The molecule has 1 unspecified atom stereocenters. The Morgan fingerprint density at radius 3 is 2.22 bits per heavy atom. The first-order valence-corrected chi connectivity index (χ1v) is 6.28. The molecule has 0 saturated heterocycles. The van der Waals surface area contributed by atoms with Gasteiger partial charge in [-0.05, 0) is 31.0 Å². The zero-order valence-electron chi connectivity index (χ0n) is 10.6. The second-order valence-electron chi connectivity index (χ2n) is 4.54. The summed E-state index contributed by atoms with van der Waals surface area (Å²) in [6, 6.07) is 14.1. The topological polar surface area (TPSA) is 38.0 Å². The minimum Gasteiger partial charge on any atom is -0.271 e. The van der Waals surface area contributed by atoms with Gasteiger partial charge in [-0.1, -0.05) is 59.1 Å². The van der Waals surface area contributed by atoms with Gasteiger partial charge in [-0.2, -0.15) is 0 Å². The van der Waals surface area contributed by atoms with E-state index in [-0.39, 0.29) is 6.04 Å². The van der Waals surface area contributed by atoms with E-state index in [1.807, 2.05) is 24.3 Å². The molecule has 18 heavy (non-hydrogen) atoms. The second-order valence-corrected chi connectivity index (χ2v) is 4.95. The fraction of sp³-hybridized carbons (Fsp3) is 0.200. The van der Waals surface area contributed by atoms with Gasteiger partial charge in [-0.25, -0.2) is 5.43 Å². The molecule has 0 fully saturated rings. The van der Waals surface area contributed by atoms with Gasteiger partial charge in [0.25, 0.3) is 0 Å². The molecule has 0 aliphatic carbocycles. The predicted octanol–water partition coefficient (Wildman–Crippen LogP) is 3.51. The SMILES string of the molecule is Cc1cc(C)cc(C(NN)c2ccccc2Cl)c1. The summed E-state index contributed by atoms with van der Waals surface area (Å²) < 4.78 is 0. The highest BCUT2D eigenvalue weighted by atomic mass is 35.5. The molecule has 1 atom stereocenters. The van der Waals surface area contributed by atoms with Crippen LogP contribution >= 0.6 is 11.6 Å². The van der Waals surface area contributed by atoms with Gasteiger partial charge < -0.3 is 0 Å². The third kappa shape index (κ3) is 2.72. The maximum absolute atomic E-state index is 6.23. The van der Waals surface area contributed by atoms with E-state index in [0.717, 1.165) is 16.1 Å². The van der Waals surface area contributed by atoms with Crippen LogP contribution in [0.25, 0.3) is 0 Å². The van der Waals surface area contributed by atoms with Gasteiger partial charge in [0.1, 0.15) is 0 Å². The number of nitrogens with two attached hydrogens (primary N) is 1. The largest absolute Gasteiger partial charge is 0.271 e. The minimum absolute atomic E-state index is 0.0858. The Morgan fingerprint density at radius 2 is 1.67 bits per heavy atom. The highest BCUT2D eigenvalue weighted by Gasteiger charge is 2.15. The van der Waals surface area contributed by atoms with Crippen LogP contribution in [0, 0.1) is 13.8 Å². The molecule has 3 N–H and O–H groups in total. The van der Waals surface area contributed by atoms with Crippen LogP contribution in [0.1, 0.15) is 28.3 Å². The molecule has 0 radical (unpaired) electrons. The molecule has 0 amide bonds. The van der Waals surface area contributed by atoms with Crippen molar-refractivity contribution in [1.82, 2.24) is 5.43 Å². The molecule has 0 aliphatic heterocycles. The number of rotatable bonds is 3. The van der Waals surface area contributed by atoms with Crippen molar-refractivity contribution in [3.8, 4) is 0 Å². The zero-order chi connectivity index (χ0) is 13.1. The van der Waals surface area contributed by atoms with Crippen molar-refractivity contribution in [2.75, 3.05) is 0 Å². The molecule has 3 heteroatoms. The van der Waals surface area contributed by atoms with Gasteiger partial charge in [-0.3, -0.25) is 5.84 Å². The first-order chi connectivity index (χ1) is 8.61. The van der Waals surface area contributed by atoms with E-state index in [1.54, 1.807) is 0 Å². The lowest BCUT2D eigenvalue weighted by molar-refractivity contribution is 0.636. The number of hydrogen-bond donors (Lipinski definition) is 2. The zero-order valence-corrected chi connectivity index (χ0v) is 11.3. The quantitative estimate of drug-likeness (QED) is 0.655. The van der Waals surface area contributed by atoms with Crippen LogP contribution in [0.3, 0.4) is 0 Å². The summed E-state index contributed by atoms with van der Waals surface area (Å²) in [5, 5.41) is 0.722. The minimum atomic E-state index is -0.0858. The van der Waals surface area contributed by atoms with Crippen molar-refractivity contribution in [1.29, 1.82) is 0 Å². The fourth-order valence-corrected chi connectivity index (χ4v) is 2.50. The van der Waals surface area contributed by atoms with Crippen molar-refractivity contribution in [2.24, 2.45) is 5.84 Å². The molecule has 2 nitrogen and oxygen atoms in total. The van der Waals surface area contributed by atoms with Crippen molar-refractivity contribution < 1.29 is 0 Å². The molecular formula is C15H17ClN2. The standard InChI is InChI=1S/C15H17ClN2/c1-10-7-11(2)9-12(8-10)15(18-17)13-5-3-4-6-14(13)16/h3-9,15,18H,17H2,1-2H3. The molecule has 2 rings (SSSR count). The normalized spacial score (nSPS) is 12.4. The molecule has 94 valence electrons. The molecule has 0 aliphatic rings. The Hall–Kier alpha value is -1.35. The Labute approximate surface area is 113 Å².